The van der Waals surface area contributed by atoms with E-state index in [0.717, 1.165) is 6.07 Å². The topological polar surface area (TPSA) is 139 Å². The Morgan fingerprint density at radius 3 is 2.33 bits per heavy atom. The van der Waals surface area contributed by atoms with Crippen LogP contribution in [0.1, 0.15) is 67.0 Å². The number of halogens is 3. The standard InChI is InChI=1S/C26H26F3N3O7S/c1-14(2)17-10-16(38-13-25(3,4)24(34)35)11-18-21(17)22(33)32(40(18,36)37)23(15-8-6-5-7-9-15)39-20-12-19(30-31-20)26(27,28)29/h5-12,14,23H,13H2,1-4H3,(H,30,31)(H,34,35). The summed E-state index contributed by atoms with van der Waals surface area (Å²) in [6.07, 6.45) is -6.47. The van der Waals surface area contributed by atoms with E-state index in [0.29, 0.717) is 15.9 Å². The van der Waals surface area contributed by atoms with E-state index in [2.05, 4.69) is 5.10 Å². The van der Waals surface area contributed by atoms with Gasteiger partial charge in [-0.25, -0.2) is 8.42 Å². The highest BCUT2D eigenvalue weighted by atomic mass is 32.2. The minimum atomic E-state index is -4.76. The number of carboxylic acid groups (broad SMARTS) is 1. The Kier molecular flexibility index (Phi) is 7.34. The molecule has 1 atom stereocenters. The third-order valence-corrected chi connectivity index (χ3v) is 8.00. The van der Waals surface area contributed by atoms with Crippen LogP contribution in [-0.2, 0) is 21.0 Å². The van der Waals surface area contributed by atoms with Gasteiger partial charge in [-0.05, 0) is 31.4 Å². The smallest absolute Gasteiger partial charge is 0.432 e. The van der Waals surface area contributed by atoms with Crippen molar-refractivity contribution < 1.29 is 45.8 Å². The molecule has 214 valence electrons. The fourth-order valence-corrected chi connectivity index (χ4v) is 5.62. The number of alkyl halides is 3. The van der Waals surface area contributed by atoms with E-state index >= 15 is 0 Å². The van der Waals surface area contributed by atoms with E-state index in [9.17, 15) is 36.3 Å². The number of rotatable bonds is 9. The molecule has 0 fully saturated rings. The monoisotopic (exact) mass is 581 g/mol. The summed E-state index contributed by atoms with van der Waals surface area (Å²) >= 11 is 0. The summed E-state index contributed by atoms with van der Waals surface area (Å²) in [4.78, 5) is 24.9. The van der Waals surface area contributed by atoms with Crippen LogP contribution in [0.4, 0.5) is 13.2 Å². The summed E-state index contributed by atoms with van der Waals surface area (Å²) in [5.74, 6) is -2.97. The van der Waals surface area contributed by atoms with Gasteiger partial charge in [0.2, 0.25) is 12.1 Å². The normalized spacial score (nSPS) is 15.7. The molecule has 0 saturated carbocycles. The lowest BCUT2D eigenvalue weighted by Crippen LogP contribution is -2.37. The highest BCUT2D eigenvalue weighted by Gasteiger charge is 2.49. The number of carbonyl (C=O) groups excluding carboxylic acids is 1. The van der Waals surface area contributed by atoms with Gasteiger partial charge in [-0.15, -0.1) is 5.10 Å². The minimum Gasteiger partial charge on any atom is -0.492 e. The number of carbonyl (C=O) groups is 2. The molecular weight excluding hydrogens is 555 g/mol. The van der Waals surface area contributed by atoms with Gasteiger partial charge in [0, 0.05) is 17.7 Å². The fraction of sp³-hybridized carbons (Fsp3) is 0.346. The predicted octanol–water partition coefficient (Wildman–Crippen LogP) is 4.96. The summed E-state index contributed by atoms with van der Waals surface area (Å²) in [6.45, 7) is 6.06. The molecule has 10 nitrogen and oxygen atoms in total. The molecule has 2 heterocycles. The zero-order valence-corrected chi connectivity index (χ0v) is 22.6. The number of aromatic amines is 1. The summed E-state index contributed by atoms with van der Waals surface area (Å²) in [6, 6.07) is 10.8. The van der Waals surface area contributed by atoms with Crippen molar-refractivity contribution in [3.63, 3.8) is 0 Å². The first-order chi connectivity index (χ1) is 18.5. The van der Waals surface area contributed by atoms with Crippen molar-refractivity contribution in [3.8, 4) is 11.6 Å². The maximum Gasteiger partial charge on any atom is 0.432 e. The van der Waals surface area contributed by atoms with Crippen molar-refractivity contribution in [2.24, 2.45) is 5.41 Å². The number of nitrogens with zero attached hydrogens (tertiary/aromatic N) is 2. The first-order valence-corrected chi connectivity index (χ1v) is 13.4. The van der Waals surface area contributed by atoms with E-state index in [4.69, 9.17) is 9.47 Å². The van der Waals surface area contributed by atoms with Crippen molar-refractivity contribution in [2.75, 3.05) is 6.61 Å². The Balaban J connectivity index is 1.81. The van der Waals surface area contributed by atoms with Gasteiger partial charge in [-0.1, -0.05) is 44.2 Å². The third-order valence-electron chi connectivity index (χ3n) is 6.25. The summed E-state index contributed by atoms with van der Waals surface area (Å²) in [7, 11) is -4.63. The van der Waals surface area contributed by atoms with Crippen LogP contribution in [0.15, 0.2) is 53.4 Å². The van der Waals surface area contributed by atoms with Crippen molar-refractivity contribution in [3.05, 3.63) is 70.9 Å². The molecule has 2 N–H and O–H groups in total. The molecule has 14 heteroatoms. The number of nitrogens with one attached hydrogen (secondary N) is 1. The van der Waals surface area contributed by atoms with Crippen LogP contribution in [0, 0.1) is 5.41 Å². The number of hydrogen-bond donors (Lipinski definition) is 2. The lowest BCUT2D eigenvalue weighted by molar-refractivity contribution is -0.148. The molecule has 2 aromatic carbocycles. The van der Waals surface area contributed by atoms with Gasteiger partial charge < -0.3 is 14.6 Å². The second-order valence-corrected chi connectivity index (χ2v) is 11.9. The average molecular weight is 582 g/mol. The molecule has 0 aliphatic carbocycles. The molecule has 1 aliphatic heterocycles. The molecule has 1 aliphatic rings. The zero-order valence-electron chi connectivity index (χ0n) is 21.8. The molecule has 0 radical (unpaired) electrons. The van der Waals surface area contributed by atoms with Gasteiger partial charge >= 0.3 is 12.1 Å². The Bertz CT molecular complexity index is 1550. The fourth-order valence-electron chi connectivity index (χ4n) is 3.96. The number of aromatic nitrogens is 2. The summed E-state index contributed by atoms with van der Waals surface area (Å²) < 4.78 is 78.9. The van der Waals surface area contributed by atoms with E-state index < -0.39 is 56.2 Å². The molecule has 1 unspecified atom stereocenters. The molecule has 4 rings (SSSR count). The Hall–Kier alpha value is -4.07. The van der Waals surface area contributed by atoms with Crippen LogP contribution >= 0.6 is 0 Å². The van der Waals surface area contributed by atoms with Gasteiger partial charge in [-0.3, -0.25) is 14.7 Å². The van der Waals surface area contributed by atoms with Crippen molar-refractivity contribution in [1.29, 1.82) is 0 Å². The number of aliphatic carboxylic acids is 1. The summed E-state index contributed by atoms with van der Waals surface area (Å²) in [5.41, 5.74) is -2.16. The van der Waals surface area contributed by atoms with Crippen LogP contribution in [0.2, 0.25) is 0 Å². The van der Waals surface area contributed by atoms with E-state index in [1.807, 2.05) is 0 Å². The Morgan fingerprint density at radius 1 is 1.12 bits per heavy atom. The van der Waals surface area contributed by atoms with Crippen LogP contribution in [-0.4, -0.2) is 46.5 Å². The van der Waals surface area contributed by atoms with Crippen LogP contribution in [0.25, 0.3) is 0 Å². The summed E-state index contributed by atoms with van der Waals surface area (Å²) in [5, 5.41) is 14.7. The van der Waals surface area contributed by atoms with Gasteiger partial charge in [0.25, 0.3) is 15.9 Å². The van der Waals surface area contributed by atoms with Crippen LogP contribution < -0.4 is 9.47 Å². The highest BCUT2D eigenvalue weighted by molar-refractivity contribution is 7.90. The lowest BCUT2D eigenvalue weighted by Gasteiger charge is -2.26. The Morgan fingerprint density at radius 2 is 1.77 bits per heavy atom. The molecule has 0 bridgehead atoms. The van der Waals surface area contributed by atoms with Crippen LogP contribution in [0.3, 0.4) is 0 Å². The maximum atomic E-state index is 13.9. The SMILES string of the molecule is CC(C)c1cc(OCC(C)(C)C(=O)O)cc2c1C(=O)N(C(Oc1cc(C(F)(F)F)[nH]n1)c1ccccc1)S2(=O)=O. The van der Waals surface area contributed by atoms with E-state index in [1.54, 1.807) is 37.1 Å². The number of ether oxygens (including phenoxy) is 2. The molecular formula is C26H26F3N3O7S. The van der Waals surface area contributed by atoms with Gasteiger partial charge in [0.05, 0.1) is 11.0 Å². The minimum absolute atomic E-state index is 0.0364. The highest BCUT2D eigenvalue weighted by Crippen LogP contribution is 2.43. The zero-order chi connectivity index (χ0) is 29.6. The second-order valence-electron chi connectivity index (χ2n) is 10.1. The number of sulfonamides is 1. The largest absolute Gasteiger partial charge is 0.492 e. The number of amides is 1. The maximum absolute atomic E-state index is 13.9. The third kappa shape index (κ3) is 5.35. The molecule has 1 amide bonds. The van der Waals surface area contributed by atoms with Crippen LogP contribution in [0.5, 0.6) is 11.6 Å². The van der Waals surface area contributed by atoms with Gasteiger partial charge in [-0.2, -0.15) is 17.5 Å². The van der Waals surface area contributed by atoms with Gasteiger partial charge in [0.1, 0.15) is 22.9 Å². The van der Waals surface area contributed by atoms with E-state index in [1.165, 1.54) is 32.0 Å². The van der Waals surface area contributed by atoms with Crippen molar-refractivity contribution >= 4 is 21.9 Å². The molecule has 3 aromatic rings. The Labute approximate surface area is 227 Å². The van der Waals surface area contributed by atoms with Crippen molar-refractivity contribution in [2.45, 2.75) is 50.9 Å². The average Bonchev–Trinajstić information content (AvgIpc) is 3.42. The lowest BCUT2D eigenvalue weighted by atomic mass is 9.94. The second kappa shape index (κ2) is 10.2. The number of carboxylic acids is 1. The van der Waals surface area contributed by atoms with E-state index in [-0.39, 0.29) is 29.4 Å². The quantitative estimate of drug-likeness (QED) is 0.361. The predicted molar refractivity (Wildman–Crippen MR) is 134 cm³/mol. The molecule has 0 spiro atoms. The number of benzene rings is 2. The van der Waals surface area contributed by atoms with Crippen molar-refractivity contribution in [1.82, 2.24) is 14.5 Å². The molecule has 1 aromatic heterocycles. The molecule has 0 saturated heterocycles. The number of H-pyrrole nitrogens is 1. The number of fused-ring (bicyclic) bond motifs is 1. The molecule has 40 heavy (non-hydrogen) atoms. The number of hydrogen-bond acceptors (Lipinski definition) is 7. The first-order valence-electron chi connectivity index (χ1n) is 12.0. The van der Waals surface area contributed by atoms with Gasteiger partial charge in [0.15, 0.2) is 0 Å². The first kappa shape index (κ1) is 28.9.